The van der Waals surface area contributed by atoms with Gasteiger partial charge in [0.05, 0.1) is 25.0 Å². The number of carbonyl (C=O) groups is 2. The fraction of sp³-hybridized carbons (Fsp3) is 0.600. The molecule has 0 spiro atoms. The third kappa shape index (κ3) is 1.95. The van der Waals surface area contributed by atoms with E-state index >= 15 is 0 Å². The van der Waals surface area contributed by atoms with Gasteiger partial charge >= 0.3 is 11.9 Å². The molecular formula is C10H14O4. The van der Waals surface area contributed by atoms with Gasteiger partial charge in [-0.3, -0.25) is 9.59 Å². The van der Waals surface area contributed by atoms with Crippen LogP contribution in [0.25, 0.3) is 0 Å². The average Bonchev–Trinajstić information content (AvgIpc) is 2.78. The van der Waals surface area contributed by atoms with Gasteiger partial charge < -0.3 is 9.47 Å². The van der Waals surface area contributed by atoms with Gasteiger partial charge in [-0.15, -0.1) is 0 Å². The normalized spacial score (nSPS) is 24.3. The van der Waals surface area contributed by atoms with Crippen molar-refractivity contribution in [2.75, 3.05) is 13.2 Å². The first-order valence-electron chi connectivity index (χ1n) is 4.65. The van der Waals surface area contributed by atoms with Crippen molar-refractivity contribution in [1.29, 1.82) is 0 Å². The summed E-state index contributed by atoms with van der Waals surface area (Å²) in [5.74, 6) is -1.71. The smallest absolute Gasteiger partial charge is 0.314 e. The van der Waals surface area contributed by atoms with Crippen molar-refractivity contribution in [3.8, 4) is 0 Å². The summed E-state index contributed by atoms with van der Waals surface area (Å²) in [6.07, 6.45) is 0. The fourth-order valence-electron chi connectivity index (χ4n) is 1.35. The van der Waals surface area contributed by atoms with E-state index in [9.17, 15) is 9.59 Å². The van der Waals surface area contributed by atoms with Crippen LogP contribution in [0.4, 0.5) is 0 Å². The van der Waals surface area contributed by atoms with Gasteiger partial charge in [0.1, 0.15) is 0 Å². The van der Waals surface area contributed by atoms with Gasteiger partial charge in [-0.25, -0.2) is 0 Å². The summed E-state index contributed by atoms with van der Waals surface area (Å²) < 4.78 is 9.57. The van der Waals surface area contributed by atoms with Gasteiger partial charge in [0.15, 0.2) is 0 Å². The molecule has 0 amide bonds. The lowest BCUT2D eigenvalue weighted by atomic mass is 10.3. The van der Waals surface area contributed by atoms with Crippen molar-refractivity contribution in [3.05, 3.63) is 12.2 Å². The molecule has 78 valence electrons. The highest BCUT2D eigenvalue weighted by molar-refractivity contribution is 5.94. The Labute approximate surface area is 82.9 Å². The second-order valence-corrected chi connectivity index (χ2v) is 3.03. The van der Waals surface area contributed by atoms with E-state index in [2.05, 4.69) is 6.58 Å². The molecule has 0 aromatic rings. The van der Waals surface area contributed by atoms with Gasteiger partial charge in [0.2, 0.25) is 0 Å². The third-order valence-electron chi connectivity index (χ3n) is 2.10. The van der Waals surface area contributed by atoms with E-state index in [1.165, 1.54) is 0 Å². The molecule has 1 rings (SSSR count). The van der Waals surface area contributed by atoms with Crippen molar-refractivity contribution < 1.29 is 19.1 Å². The lowest BCUT2D eigenvalue weighted by Gasteiger charge is -2.00. The van der Waals surface area contributed by atoms with Crippen LogP contribution in [0.3, 0.4) is 0 Å². The van der Waals surface area contributed by atoms with Crippen molar-refractivity contribution in [3.63, 3.8) is 0 Å². The molecule has 1 aliphatic rings. The van der Waals surface area contributed by atoms with Crippen LogP contribution >= 0.6 is 0 Å². The third-order valence-corrected chi connectivity index (χ3v) is 2.10. The first-order valence-corrected chi connectivity index (χ1v) is 4.65. The molecule has 1 fully saturated rings. The van der Waals surface area contributed by atoms with Gasteiger partial charge in [0, 0.05) is 0 Å². The highest BCUT2D eigenvalue weighted by Gasteiger charge is 2.54. The monoisotopic (exact) mass is 198 g/mol. The molecule has 0 heterocycles. The quantitative estimate of drug-likeness (QED) is 0.497. The minimum atomic E-state index is -0.478. The van der Waals surface area contributed by atoms with Gasteiger partial charge in [-0.2, -0.15) is 0 Å². The average molecular weight is 198 g/mol. The van der Waals surface area contributed by atoms with E-state index in [1.807, 2.05) is 0 Å². The van der Waals surface area contributed by atoms with E-state index in [-0.39, 0.29) is 11.9 Å². The van der Waals surface area contributed by atoms with Crippen LogP contribution in [0.2, 0.25) is 0 Å². The number of esters is 2. The number of ether oxygens (including phenoxy) is 2. The molecule has 0 bridgehead atoms. The summed E-state index contributed by atoms with van der Waals surface area (Å²) in [5, 5.41) is 0. The van der Waals surface area contributed by atoms with Crippen LogP contribution < -0.4 is 0 Å². The van der Waals surface area contributed by atoms with Crippen LogP contribution in [0.5, 0.6) is 0 Å². The molecule has 0 aromatic heterocycles. The van der Waals surface area contributed by atoms with Gasteiger partial charge in [-0.05, 0) is 19.4 Å². The second-order valence-electron chi connectivity index (χ2n) is 3.03. The summed E-state index contributed by atoms with van der Waals surface area (Å²) >= 11 is 0. The number of hydrogen-bond acceptors (Lipinski definition) is 4. The first kappa shape index (κ1) is 10.8. The molecule has 2 atom stereocenters. The predicted molar refractivity (Wildman–Crippen MR) is 49.4 cm³/mol. The van der Waals surface area contributed by atoms with Crippen LogP contribution in [0, 0.1) is 11.8 Å². The summed E-state index contributed by atoms with van der Waals surface area (Å²) in [6.45, 7) is 7.72. The van der Waals surface area contributed by atoms with E-state index < -0.39 is 11.8 Å². The summed E-state index contributed by atoms with van der Waals surface area (Å²) in [7, 11) is 0. The number of rotatable bonds is 4. The van der Waals surface area contributed by atoms with E-state index in [1.54, 1.807) is 13.8 Å². The van der Waals surface area contributed by atoms with Crippen LogP contribution in [-0.2, 0) is 19.1 Å². The van der Waals surface area contributed by atoms with Crippen LogP contribution in [0.15, 0.2) is 12.2 Å². The Morgan fingerprint density at radius 3 is 1.79 bits per heavy atom. The molecule has 1 saturated carbocycles. The molecule has 1 aliphatic carbocycles. The van der Waals surface area contributed by atoms with Gasteiger partial charge in [-0.1, -0.05) is 6.58 Å². The fourth-order valence-corrected chi connectivity index (χ4v) is 1.35. The molecule has 0 aliphatic heterocycles. The summed E-state index contributed by atoms with van der Waals surface area (Å²) in [4.78, 5) is 22.5. The maximum Gasteiger partial charge on any atom is 0.314 e. The van der Waals surface area contributed by atoms with Crippen LogP contribution in [-0.4, -0.2) is 25.2 Å². The molecule has 0 unspecified atom stereocenters. The van der Waals surface area contributed by atoms with E-state index in [4.69, 9.17) is 9.47 Å². The Morgan fingerprint density at radius 2 is 1.50 bits per heavy atom. The standard InChI is InChI=1S/C10H14O4/c1-4-13-9(11)7-6(3)8(7)10(12)14-5-2/h7-8H,3-5H2,1-2H3/t7-,8-/m1/s1. The largest absolute Gasteiger partial charge is 0.466 e. The molecule has 0 aromatic carbocycles. The van der Waals surface area contributed by atoms with Crippen molar-refractivity contribution in [1.82, 2.24) is 0 Å². The zero-order chi connectivity index (χ0) is 10.7. The van der Waals surface area contributed by atoms with E-state index in [0.717, 1.165) is 0 Å². The lowest BCUT2D eigenvalue weighted by molar-refractivity contribution is -0.150. The molecule has 0 radical (unpaired) electrons. The zero-order valence-electron chi connectivity index (χ0n) is 8.41. The van der Waals surface area contributed by atoms with Crippen molar-refractivity contribution in [2.24, 2.45) is 11.8 Å². The topological polar surface area (TPSA) is 52.6 Å². The first-order chi connectivity index (χ1) is 6.63. The molecule has 0 N–H and O–H groups in total. The summed E-state index contributed by atoms with van der Waals surface area (Å²) in [6, 6.07) is 0. The Balaban J connectivity index is 2.49. The predicted octanol–water partition coefficient (Wildman–Crippen LogP) is 0.915. The Hall–Kier alpha value is -1.32. The van der Waals surface area contributed by atoms with E-state index in [0.29, 0.717) is 18.8 Å². The molecule has 0 saturated heterocycles. The molecule has 4 nitrogen and oxygen atoms in total. The maximum atomic E-state index is 11.2. The molecular weight excluding hydrogens is 184 g/mol. The van der Waals surface area contributed by atoms with Crippen molar-refractivity contribution in [2.45, 2.75) is 13.8 Å². The lowest BCUT2D eigenvalue weighted by Crippen LogP contribution is -2.13. The van der Waals surface area contributed by atoms with Gasteiger partial charge in [0.25, 0.3) is 0 Å². The maximum absolute atomic E-state index is 11.2. The SMILES string of the molecule is C=C1[C@@H](C(=O)OCC)[C@@H]1C(=O)OCC. The van der Waals surface area contributed by atoms with Crippen LogP contribution in [0.1, 0.15) is 13.8 Å². The highest BCUT2D eigenvalue weighted by Crippen LogP contribution is 2.45. The second kappa shape index (κ2) is 4.26. The minimum Gasteiger partial charge on any atom is -0.466 e. The molecule has 14 heavy (non-hydrogen) atoms. The summed E-state index contributed by atoms with van der Waals surface area (Å²) in [5.41, 5.74) is 0.599. The zero-order valence-corrected chi connectivity index (χ0v) is 8.41. The Morgan fingerprint density at radius 1 is 1.14 bits per heavy atom. The number of hydrogen-bond donors (Lipinski definition) is 0. The number of carbonyl (C=O) groups excluding carboxylic acids is 2. The molecule has 4 heteroatoms. The highest BCUT2D eigenvalue weighted by atomic mass is 16.5. The minimum absolute atomic E-state index is 0.318. The Bertz CT molecular complexity index is 243. The Kier molecular flexibility index (Phi) is 3.28. The van der Waals surface area contributed by atoms with Crippen molar-refractivity contribution >= 4 is 11.9 Å².